The highest BCUT2D eigenvalue weighted by molar-refractivity contribution is 7.52. The molecular formula is C8H14F3O3P. The molecule has 0 saturated heterocycles. The van der Waals surface area contributed by atoms with Crippen LogP contribution in [0.3, 0.4) is 0 Å². The fourth-order valence-electron chi connectivity index (χ4n) is 0.825. The number of unbranched alkanes of at least 4 members (excludes halogenated alkanes) is 1. The van der Waals surface area contributed by atoms with Crippen molar-refractivity contribution in [1.29, 1.82) is 0 Å². The first-order valence-electron chi connectivity index (χ1n) is 4.42. The Labute approximate surface area is 86.5 Å². The van der Waals surface area contributed by atoms with Gasteiger partial charge in [0.05, 0.1) is 6.16 Å². The molecule has 15 heavy (non-hydrogen) atoms. The molecule has 0 aromatic rings. The monoisotopic (exact) mass is 246 g/mol. The topological polar surface area (TPSA) is 46.5 Å². The molecular weight excluding hydrogens is 232 g/mol. The van der Waals surface area contributed by atoms with Crippen LogP contribution in [0.2, 0.25) is 0 Å². The number of rotatable bonds is 6. The van der Waals surface area contributed by atoms with Crippen molar-refractivity contribution in [2.75, 3.05) is 6.16 Å². The summed E-state index contributed by atoms with van der Waals surface area (Å²) >= 11 is 0. The number of halogens is 3. The Morgan fingerprint density at radius 2 is 2.13 bits per heavy atom. The average molecular weight is 246 g/mol. The molecule has 0 saturated carbocycles. The van der Waals surface area contributed by atoms with Crippen molar-refractivity contribution >= 4 is 7.60 Å². The van der Waals surface area contributed by atoms with Crippen molar-refractivity contribution in [2.24, 2.45) is 0 Å². The van der Waals surface area contributed by atoms with E-state index in [-0.39, 0.29) is 6.16 Å². The molecule has 0 aliphatic rings. The Balaban J connectivity index is 4.41. The second-order valence-corrected chi connectivity index (χ2v) is 4.95. The van der Waals surface area contributed by atoms with Crippen molar-refractivity contribution in [3.05, 3.63) is 12.7 Å². The molecule has 3 nitrogen and oxygen atoms in total. The molecule has 0 fully saturated rings. The largest absolute Gasteiger partial charge is 0.418 e. The van der Waals surface area contributed by atoms with E-state index in [2.05, 4.69) is 11.1 Å². The summed E-state index contributed by atoms with van der Waals surface area (Å²) in [6.07, 6.45) is -5.94. The zero-order valence-corrected chi connectivity index (χ0v) is 9.22. The van der Waals surface area contributed by atoms with E-state index in [4.69, 9.17) is 4.89 Å². The van der Waals surface area contributed by atoms with Crippen LogP contribution in [0.15, 0.2) is 12.7 Å². The lowest BCUT2D eigenvalue weighted by molar-refractivity contribution is -0.181. The maximum Gasteiger partial charge on any atom is 0.418 e. The van der Waals surface area contributed by atoms with E-state index >= 15 is 0 Å². The van der Waals surface area contributed by atoms with Gasteiger partial charge in [-0.1, -0.05) is 19.4 Å². The van der Waals surface area contributed by atoms with Gasteiger partial charge in [-0.25, -0.2) is 0 Å². The maximum absolute atomic E-state index is 12.1. The van der Waals surface area contributed by atoms with E-state index in [9.17, 15) is 17.7 Å². The Bertz CT molecular complexity index is 252. The van der Waals surface area contributed by atoms with Gasteiger partial charge in [0.2, 0.25) is 0 Å². The summed E-state index contributed by atoms with van der Waals surface area (Å²) in [5, 5.41) is 0. The van der Waals surface area contributed by atoms with Gasteiger partial charge < -0.3 is 4.89 Å². The van der Waals surface area contributed by atoms with Crippen LogP contribution < -0.4 is 0 Å². The Hall–Kier alpha value is -0.320. The fourth-order valence-corrected chi connectivity index (χ4v) is 2.21. The van der Waals surface area contributed by atoms with Crippen molar-refractivity contribution in [1.82, 2.24) is 0 Å². The molecule has 2 unspecified atom stereocenters. The summed E-state index contributed by atoms with van der Waals surface area (Å²) in [4.78, 5) is 9.10. The van der Waals surface area contributed by atoms with Crippen LogP contribution in [0.5, 0.6) is 0 Å². The van der Waals surface area contributed by atoms with Crippen molar-refractivity contribution in [3.8, 4) is 0 Å². The lowest BCUT2D eigenvalue weighted by Gasteiger charge is -2.20. The van der Waals surface area contributed by atoms with Crippen LogP contribution in [0, 0.1) is 0 Å². The van der Waals surface area contributed by atoms with E-state index in [0.29, 0.717) is 18.9 Å². The van der Waals surface area contributed by atoms with Gasteiger partial charge in [-0.05, 0) is 6.42 Å². The van der Waals surface area contributed by atoms with Crippen molar-refractivity contribution < 1.29 is 27.2 Å². The zero-order valence-electron chi connectivity index (χ0n) is 8.33. The molecule has 0 heterocycles. The van der Waals surface area contributed by atoms with E-state index in [1.807, 2.05) is 0 Å². The lowest BCUT2D eigenvalue weighted by atomic mass is 10.3. The van der Waals surface area contributed by atoms with E-state index in [1.165, 1.54) is 0 Å². The van der Waals surface area contributed by atoms with Gasteiger partial charge in [-0.15, -0.1) is 6.58 Å². The van der Waals surface area contributed by atoms with E-state index in [0.717, 1.165) is 0 Å². The van der Waals surface area contributed by atoms with Gasteiger partial charge in [0.1, 0.15) is 0 Å². The highest BCUT2D eigenvalue weighted by atomic mass is 31.2. The van der Waals surface area contributed by atoms with Crippen LogP contribution >= 0.6 is 7.60 Å². The van der Waals surface area contributed by atoms with Gasteiger partial charge in [-0.2, -0.15) is 13.2 Å². The van der Waals surface area contributed by atoms with Crippen LogP contribution in [-0.4, -0.2) is 23.3 Å². The molecule has 0 radical (unpaired) electrons. The molecule has 0 spiro atoms. The van der Waals surface area contributed by atoms with Crippen molar-refractivity contribution in [3.63, 3.8) is 0 Å². The quantitative estimate of drug-likeness (QED) is 0.578. The summed E-state index contributed by atoms with van der Waals surface area (Å²) < 4.78 is 51.7. The first kappa shape index (κ1) is 14.7. The van der Waals surface area contributed by atoms with Crippen LogP contribution in [-0.2, 0) is 9.09 Å². The zero-order chi connectivity index (χ0) is 12.1. The molecule has 0 aliphatic heterocycles. The Kier molecular flexibility index (Phi) is 5.56. The van der Waals surface area contributed by atoms with Gasteiger partial charge in [0.25, 0.3) is 0 Å². The molecule has 0 aromatic carbocycles. The van der Waals surface area contributed by atoms with Gasteiger partial charge in [0.15, 0.2) is 6.10 Å². The first-order chi connectivity index (χ1) is 6.73. The highest BCUT2D eigenvalue weighted by Gasteiger charge is 2.42. The molecule has 0 rings (SSSR count). The number of hydrogen-bond acceptors (Lipinski definition) is 2. The van der Waals surface area contributed by atoms with Crippen LogP contribution in [0.1, 0.15) is 19.8 Å². The summed E-state index contributed by atoms with van der Waals surface area (Å²) in [5.41, 5.74) is 0. The third-order valence-corrected chi connectivity index (χ3v) is 3.05. The second kappa shape index (κ2) is 5.68. The summed E-state index contributed by atoms with van der Waals surface area (Å²) in [6, 6.07) is 0. The third kappa shape index (κ3) is 5.97. The van der Waals surface area contributed by atoms with E-state index in [1.54, 1.807) is 6.92 Å². The predicted molar refractivity (Wildman–Crippen MR) is 50.7 cm³/mol. The summed E-state index contributed by atoms with van der Waals surface area (Å²) in [6.45, 7) is 4.67. The SMILES string of the molecule is C=CC(OP(=O)(O)CCCC)C(F)(F)F. The fraction of sp³-hybridized carbons (Fsp3) is 0.750. The lowest BCUT2D eigenvalue weighted by Crippen LogP contribution is -2.28. The minimum atomic E-state index is -4.70. The molecule has 0 aromatic heterocycles. The van der Waals surface area contributed by atoms with Crippen LogP contribution in [0.4, 0.5) is 13.2 Å². The first-order valence-corrected chi connectivity index (χ1v) is 6.18. The minimum Gasteiger partial charge on any atom is -0.324 e. The van der Waals surface area contributed by atoms with Gasteiger partial charge in [0, 0.05) is 0 Å². The summed E-state index contributed by atoms with van der Waals surface area (Å²) in [5.74, 6) is 0. The van der Waals surface area contributed by atoms with Crippen LogP contribution in [0.25, 0.3) is 0 Å². The third-order valence-electron chi connectivity index (χ3n) is 1.61. The smallest absolute Gasteiger partial charge is 0.324 e. The molecule has 0 amide bonds. The second-order valence-electron chi connectivity index (χ2n) is 3.02. The Morgan fingerprint density at radius 3 is 2.47 bits per heavy atom. The van der Waals surface area contributed by atoms with Gasteiger partial charge in [-0.3, -0.25) is 9.09 Å². The Morgan fingerprint density at radius 1 is 1.60 bits per heavy atom. The summed E-state index contributed by atoms with van der Waals surface area (Å²) in [7, 11) is -4.17. The molecule has 1 N–H and O–H groups in total. The molecule has 2 atom stereocenters. The van der Waals surface area contributed by atoms with Crippen molar-refractivity contribution in [2.45, 2.75) is 32.0 Å². The average Bonchev–Trinajstić information content (AvgIpc) is 2.09. The normalized spacial score (nSPS) is 18.2. The minimum absolute atomic E-state index is 0.274. The highest BCUT2D eigenvalue weighted by Crippen LogP contribution is 2.46. The molecule has 90 valence electrons. The molecule has 0 aliphatic carbocycles. The number of hydrogen-bond donors (Lipinski definition) is 1. The maximum atomic E-state index is 12.1. The number of alkyl halides is 3. The van der Waals surface area contributed by atoms with E-state index < -0.39 is 19.9 Å². The van der Waals surface area contributed by atoms with Gasteiger partial charge >= 0.3 is 13.8 Å². The standard InChI is InChI=1S/C8H14F3O3P/c1-3-5-6-15(12,13)14-7(4-2)8(9,10)11/h4,7H,2-3,5-6H2,1H3,(H,12,13). The predicted octanol–water partition coefficient (Wildman–Crippen LogP) is 3.11. The molecule has 7 heteroatoms. The molecule has 0 bridgehead atoms.